The highest BCUT2D eigenvalue weighted by Crippen LogP contribution is 2.42. The van der Waals surface area contributed by atoms with E-state index in [-0.39, 0.29) is 0 Å². The molecule has 1 aromatic carbocycles. The molecule has 0 amide bonds. The zero-order valence-electron chi connectivity index (χ0n) is 9.09. The molecule has 0 saturated carbocycles. The molecule has 1 rings (SSSR count). The van der Waals surface area contributed by atoms with Gasteiger partial charge in [0.15, 0.2) is 0 Å². The molecule has 0 aromatic heterocycles. The van der Waals surface area contributed by atoms with Gasteiger partial charge in [-0.15, -0.1) is 0 Å². The van der Waals surface area contributed by atoms with E-state index in [4.69, 9.17) is 10.0 Å². The van der Waals surface area contributed by atoms with Crippen LogP contribution in [0.4, 0.5) is 0 Å². The van der Waals surface area contributed by atoms with Crippen molar-refractivity contribution >= 4 is 7.67 Å². The highest BCUT2D eigenvalue weighted by atomic mass is 31.2. The van der Waals surface area contributed by atoms with E-state index in [1.54, 1.807) is 16.8 Å². The van der Waals surface area contributed by atoms with E-state index in [1.165, 1.54) is 0 Å². The molecule has 0 fully saturated rings. The fraction of sp³-hybridized carbons (Fsp3) is 0.400. The third-order valence-corrected chi connectivity index (χ3v) is 3.93. The second kappa shape index (κ2) is 5.31. The average Bonchev–Trinajstić information content (AvgIpc) is 2.19. The normalized spacial score (nSPS) is 14.9. The summed E-state index contributed by atoms with van der Waals surface area (Å²) in [4.78, 5) is 0. The number of hydrogen-bond acceptors (Lipinski definition) is 2. The van der Waals surface area contributed by atoms with Crippen LogP contribution in [0.5, 0.6) is 5.75 Å². The van der Waals surface area contributed by atoms with Crippen molar-refractivity contribution < 1.29 is 9.09 Å². The Bertz CT molecular complexity index is 339. The Hall–Kier alpha value is -0.830. The first-order chi connectivity index (χ1) is 7.10. The molecule has 0 radical (unpaired) electrons. The van der Waals surface area contributed by atoms with E-state index < -0.39 is 7.67 Å². The molecule has 0 bridgehead atoms. The van der Waals surface area contributed by atoms with Gasteiger partial charge in [-0.25, -0.2) is 14.7 Å². The number of benzene rings is 1. The quantitative estimate of drug-likeness (QED) is 0.786. The predicted molar refractivity (Wildman–Crippen MR) is 61.8 cm³/mol. The van der Waals surface area contributed by atoms with Crippen molar-refractivity contribution in [3.63, 3.8) is 0 Å². The number of para-hydroxylation sites is 1. The molecule has 1 unspecified atom stereocenters. The van der Waals surface area contributed by atoms with Crippen molar-refractivity contribution in [3.8, 4) is 5.75 Å². The lowest BCUT2D eigenvalue weighted by atomic mass is 10.3. The van der Waals surface area contributed by atoms with E-state index in [0.717, 1.165) is 0 Å². The van der Waals surface area contributed by atoms with Crippen LogP contribution in [0.2, 0.25) is 0 Å². The molecule has 0 spiro atoms. The van der Waals surface area contributed by atoms with Crippen molar-refractivity contribution in [3.05, 3.63) is 30.3 Å². The molecule has 1 atom stereocenters. The molecule has 15 heavy (non-hydrogen) atoms. The predicted octanol–water partition coefficient (Wildman–Crippen LogP) is 2.47. The van der Waals surface area contributed by atoms with Gasteiger partial charge >= 0.3 is 7.67 Å². The molecule has 2 N–H and O–H groups in total. The van der Waals surface area contributed by atoms with Gasteiger partial charge in [0.1, 0.15) is 5.75 Å². The number of nitrogens with two attached hydrogens (primary N) is 1. The first-order valence-electron chi connectivity index (χ1n) is 4.98. The summed E-state index contributed by atoms with van der Waals surface area (Å²) in [6, 6.07) is 8.98. The van der Waals surface area contributed by atoms with Crippen LogP contribution in [0.25, 0.3) is 0 Å². The van der Waals surface area contributed by atoms with Gasteiger partial charge in [-0.05, 0) is 12.1 Å². The van der Waals surface area contributed by atoms with Crippen LogP contribution in [0, 0.1) is 0 Å². The first-order valence-corrected chi connectivity index (χ1v) is 6.63. The minimum absolute atomic E-state index is 0.537. The van der Waals surface area contributed by atoms with Crippen molar-refractivity contribution in [1.82, 2.24) is 4.67 Å². The zero-order valence-corrected chi connectivity index (χ0v) is 9.98. The van der Waals surface area contributed by atoms with Gasteiger partial charge in [-0.2, -0.15) is 0 Å². The Balaban J connectivity index is 2.76. The van der Waals surface area contributed by atoms with Crippen LogP contribution in [0.1, 0.15) is 13.8 Å². The monoisotopic (exact) mass is 228 g/mol. The third kappa shape index (κ3) is 3.34. The molecule has 5 heteroatoms. The highest BCUT2D eigenvalue weighted by molar-refractivity contribution is 7.54. The summed E-state index contributed by atoms with van der Waals surface area (Å²) in [6.45, 7) is 5.02. The molecule has 0 aliphatic carbocycles. The van der Waals surface area contributed by atoms with E-state index in [1.807, 2.05) is 32.0 Å². The van der Waals surface area contributed by atoms with E-state index in [9.17, 15) is 4.57 Å². The SMILES string of the molecule is CCN(CC)P(N)(=O)Oc1ccccc1. The third-order valence-electron chi connectivity index (χ3n) is 2.10. The van der Waals surface area contributed by atoms with Crippen molar-refractivity contribution in [2.45, 2.75) is 13.8 Å². The molecule has 0 saturated heterocycles. The van der Waals surface area contributed by atoms with Crippen molar-refractivity contribution in [1.29, 1.82) is 0 Å². The summed E-state index contributed by atoms with van der Waals surface area (Å²) < 4.78 is 19.0. The topological polar surface area (TPSA) is 55.6 Å². The van der Waals surface area contributed by atoms with Gasteiger partial charge in [-0.3, -0.25) is 0 Å². The van der Waals surface area contributed by atoms with Crippen LogP contribution < -0.4 is 10.0 Å². The molecule has 0 aliphatic heterocycles. The van der Waals surface area contributed by atoms with E-state index in [0.29, 0.717) is 18.8 Å². The van der Waals surface area contributed by atoms with Gasteiger partial charge in [0.05, 0.1) is 0 Å². The second-order valence-corrected chi connectivity index (χ2v) is 4.98. The number of nitrogens with zero attached hydrogens (tertiary/aromatic N) is 1. The molecular formula is C10H17N2O2P. The number of hydrogen-bond donors (Lipinski definition) is 1. The van der Waals surface area contributed by atoms with Gasteiger partial charge in [0.2, 0.25) is 0 Å². The molecular weight excluding hydrogens is 211 g/mol. The Kier molecular flexibility index (Phi) is 4.33. The van der Waals surface area contributed by atoms with Gasteiger partial charge in [0.25, 0.3) is 0 Å². The largest absolute Gasteiger partial charge is 0.422 e. The molecule has 0 aliphatic rings. The number of rotatable bonds is 5. The Morgan fingerprint density at radius 1 is 1.27 bits per heavy atom. The smallest absolute Gasteiger partial charge is 0.390 e. The summed E-state index contributed by atoms with van der Waals surface area (Å²) in [7, 11) is -3.19. The summed E-state index contributed by atoms with van der Waals surface area (Å²) >= 11 is 0. The average molecular weight is 228 g/mol. The molecule has 0 heterocycles. The maximum atomic E-state index is 12.0. The van der Waals surface area contributed by atoms with Crippen LogP contribution in [0.15, 0.2) is 30.3 Å². The van der Waals surface area contributed by atoms with Crippen molar-refractivity contribution in [2.24, 2.45) is 5.50 Å². The Morgan fingerprint density at radius 3 is 2.27 bits per heavy atom. The minimum Gasteiger partial charge on any atom is -0.422 e. The van der Waals surface area contributed by atoms with Gasteiger partial charge in [-0.1, -0.05) is 32.0 Å². The van der Waals surface area contributed by atoms with Crippen LogP contribution >= 0.6 is 7.67 Å². The lowest BCUT2D eigenvalue weighted by Gasteiger charge is -2.25. The fourth-order valence-corrected chi connectivity index (χ4v) is 2.64. The van der Waals surface area contributed by atoms with E-state index in [2.05, 4.69) is 0 Å². The van der Waals surface area contributed by atoms with Gasteiger partial charge < -0.3 is 4.52 Å². The summed E-state index contributed by atoms with van der Waals surface area (Å²) in [5.41, 5.74) is 5.67. The fourth-order valence-electron chi connectivity index (χ4n) is 1.31. The Morgan fingerprint density at radius 2 is 1.80 bits per heavy atom. The van der Waals surface area contributed by atoms with Crippen molar-refractivity contribution in [2.75, 3.05) is 13.1 Å². The van der Waals surface area contributed by atoms with Crippen LogP contribution in [-0.2, 0) is 4.57 Å². The molecule has 84 valence electrons. The first kappa shape index (κ1) is 12.2. The van der Waals surface area contributed by atoms with E-state index >= 15 is 0 Å². The summed E-state index contributed by atoms with van der Waals surface area (Å²) in [6.07, 6.45) is 0. The Labute approximate surface area is 90.6 Å². The van der Waals surface area contributed by atoms with Crippen LogP contribution in [0.3, 0.4) is 0 Å². The summed E-state index contributed by atoms with van der Waals surface area (Å²) in [5, 5.41) is 0. The highest BCUT2D eigenvalue weighted by Gasteiger charge is 2.25. The zero-order chi connectivity index (χ0) is 11.3. The molecule has 4 nitrogen and oxygen atoms in total. The maximum Gasteiger partial charge on any atom is 0.390 e. The summed E-state index contributed by atoms with van der Waals surface area (Å²) in [5.74, 6) is 0.537. The lowest BCUT2D eigenvalue weighted by Crippen LogP contribution is -2.26. The molecule has 1 aromatic rings. The van der Waals surface area contributed by atoms with Gasteiger partial charge in [0, 0.05) is 13.1 Å². The lowest BCUT2D eigenvalue weighted by molar-refractivity contribution is 0.371. The van der Waals surface area contributed by atoms with Crippen LogP contribution in [-0.4, -0.2) is 17.8 Å². The standard InChI is InChI=1S/C10H17N2O2P/c1-3-12(4-2)15(11,13)14-10-8-6-5-7-9-10/h5-9H,3-4H2,1-2H3,(H2,11,13). The second-order valence-electron chi connectivity index (χ2n) is 3.11. The maximum absolute atomic E-state index is 12.0. The minimum atomic E-state index is -3.19.